The SMILES string of the molecule is CC(Cc1ccc(O)c(O)c1)C(=O)Nc1cccc2[nH]c(=O)oc12. The first-order valence-corrected chi connectivity index (χ1v) is 7.37. The van der Waals surface area contributed by atoms with E-state index in [0.29, 0.717) is 23.2 Å². The van der Waals surface area contributed by atoms with E-state index in [1.165, 1.54) is 12.1 Å². The number of rotatable bonds is 4. The van der Waals surface area contributed by atoms with Crippen LogP contribution >= 0.6 is 0 Å². The van der Waals surface area contributed by atoms with E-state index >= 15 is 0 Å². The number of phenolic OH excluding ortho intramolecular Hbond substituents is 2. The number of aromatic nitrogens is 1. The molecule has 7 nitrogen and oxygen atoms in total. The maximum Gasteiger partial charge on any atom is 0.417 e. The minimum atomic E-state index is -0.584. The summed E-state index contributed by atoms with van der Waals surface area (Å²) in [5.74, 6) is -1.66. The van der Waals surface area contributed by atoms with Gasteiger partial charge in [-0.3, -0.25) is 9.78 Å². The van der Waals surface area contributed by atoms with E-state index in [9.17, 15) is 19.8 Å². The molecule has 2 aromatic carbocycles. The van der Waals surface area contributed by atoms with Crippen molar-refractivity contribution in [3.05, 3.63) is 52.5 Å². The lowest BCUT2D eigenvalue weighted by atomic mass is 10.00. The van der Waals surface area contributed by atoms with Crippen LogP contribution in [0.5, 0.6) is 11.5 Å². The van der Waals surface area contributed by atoms with Gasteiger partial charge in [-0.05, 0) is 36.2 Å². The summed E-state index contributed by atoms with van der Waals surface area (Å²) in [7, 11) is 0. The van der Waals surface area contributed by atoms with E-state index in [1.807, 2.05) is 0 Å². The molecule has 3 rings (SSSR count). The predicted octanol–water partition coefficient (Wildman–Crippen LogP) is 2.35. The van der Waals surface area contributed by atoms with Crippen LogP contribution in [0.4, 0.5) is 5.69 Å². The van der Waals surface area contributed by atoms with Crippen molar-refractivity contribution in [2.75, 3.05) is 5.32 Å². The summed E-state index contributed by atoms with van der Waals surface area (Å²) in [5, 5.41) is 21.6. The number of amides is 1. The van der Waals surface area contributed by atoms with Crippen molar-refractivity contribution in [2.24, 2.45) is 5.92 Å². The summed E-state index contributed by atoms with van der Waals surface area (Å²) in [6.07, 6.45) is 0.382. The van der Waals surface area contributed by atoms with E-state index in [4.69, 9.17) is 4.42 Å². The van der Waals surface area contributed by atoms with Crippen LogP contribution in [0.25, 0.3) is 11.1 Å². The van der Waals surface area contributed by atoms with Gasteiger partial charge < -0.3 is 19.9 Å². The zero-order valence-corrected chi connectivity index (χ0v) is 12.9. The number of nitrogens with one attached hydrogen (secondary N) is 2. The Kier molecular flexibility index (Phi) is 3.99. The molecule has 0 fully saturated rings. The molecule has 0 aliphatic carbocycles. The van der Waals surface area contributed by atoms with Gasteiger partial charge in [0.2, 0.25) is 5.91 Å². The summed E-state index contributed by atoms with van der Waals surface area (Å²) < 4.78 is 5.04. The van der Waals surface area contributed by atoms with E-state index in [1.54, 1.807) is 31.2 Å². The van der Waals surface area contributed by atoms with E-state index in [0.717, 1.165) is 5.56 Å². The Bertz CT molecular complexity index is 957. The first kappa shape index (κ1) is 15.7. The lowest BCUT2D eigenvalue weighted by Crippen LogP contribution is -2.22. The first-order valence-electron chi connectivity index (χ1n) is 7.37. The third-order valence-corrected chi connectivity index (χ3v) is 3.73. The molecule has 0 aliphatic rings. The van der Waals surface area contributed by atoms with Crippen LogP contribution in [0.3, 0.4) is 0 Å². The Hall–Kier alpha value is -3.22. The minimum absolute atomic E-state index is 0.204. The molecule has 1 amide bonds. The number of carbonyl (C=O) groups excluding carboxylic acids is 1. The molecule has 4 N–H and O–H groups in total. The van der Waals surface area contributed by atoms with Gasteiger partial charge in [-0.25, -0.2) is 4.79 Å². The fraction of sp³-hybridized carbons (Fsp3) is 0.176. The zero-order chi connectivity index (χ0) is 17.3. The number of carbonyl (C=O) groups is 1. The third kappa shape index (κ3) is 3.10. The van der Waals surface area contributed by atoms with Crippen molar-refractivity contribution in [2.45, 2.75) is 13.3 Å². The van der Waals surface area contributed by atoms with Gasteiger partial charge in [0.15, 0.2) is 17.1 Å². The van der Waals surface area contributed by atoms with E-state index in [2.05, 4.69) is 10.3 Å². The number of anilines is 1. The van der Waals surface area contributed by atoms with Crippen LogP contribution in [0, 0.1) is 5.92 Å². The summed E-state index contributed by atoms with van der Waals surface area (Å²) in [5.41, 5.74) is 1.94. The van der Waals surface area contributed by atoms with Gasteiger partial charge in [-0.1, -0.05) is 19.1 Å². The molecule has 0 spiro atoms. The van der Waals surface area contributed by atoms with Gasteiger partial charge in [0.25, 0.3) is 0 Å². The number of H-pyrrole nitrogens is 1. The Balaban J connectivity index is 1.75. The maximum atomic E-state index is 12.4. The highest BCUT2D eigenvalue weighted by Crippen LogP contribution is 2.26. The van der Waals surface area contributed by atoms with Crippen molar-refractivity contribution in [3.63, 3.8) is 0 Å². The molecule has 1 aromatic heterocycles. The number of aromatic amines is 1. The molecule has 1 heterocycles. The summed E-state index contributed by atoms with van der Waals surface area (Å²) >= 11 is 0. The average Bonchev–Trinajstić information content (AvgIpc) is 2.92. The molecule has 0 aliphatic heterocycles. The molecule has 7 heteroatoms. The highest BCUT2D eigenvalue weighted by Gasteiger charge is 2.17. The van der Waals surface area contributed by atoms with Crippen LogP contribution in [0.15, 0.2) is 45.6 Å². The van der Waals surface area contributed by atoms with Crippen molar-refractivity contribution >= 4 is 22.7 Å². The third-order valence-electron chi connectivity index (χ3n) is 3.73. The summed E-state index contributed by atoms with van der Waals surface area (Å²) in [4.78, 5) is 26.2. The quantitative estimate of drug-likeness (QED) is 0.549. The highest BCUT2D eigenvalue weighted by atomic mass is 16.4. The van der Waals surface area contributed by atoms with Gasteiger partial charge in [-0.15, -0.1) is 0 Å². The monoisotopic (exact) mass is 328 g/mol. The lowest BCUT2D eigenvalue weighted by molar-refractivity contribution is -0.119. The normalized spacial score (nSPS) is 12.2. The molecule has 3 aromatic rings. The first-order chi connectivity index (χ1) is 11.4. The molecule has 0 bridgehead atoms. The zero-order valence-electron chi connectivity index (χ0n) is 12.9. The van der Waals surface area contributed by atoms with Gasteiger partial charge in [-0.2, -0.15) is 0 Å². The van der Waals surface area contributed by atoms with Gasteiger partial charge in [0.05, 0.1) is 11.2 Å². The lowest BCUT2D eigenvalue weighted by Gasteiger charge is -2.13. The van der Waals surface area contributed by atoms with Gasteiger partial charge in [0, 0.05) is 5.92 Å². The van der Waals surface area contributed by atoms with Crippen LogP contribution < -0.4 is 11.1 Å². The molecule has 124 valence electrons. The van der Waals surface area contributed by atoms with Crippen LogP contribution in [-0.4, -0.2) is 21.1 Å². The second-order valence-electron chi connectivity index (χ2n) is 5.61. The van der Waals surface area contributed by atoms with Crippen LogP contribution in [0.1, 0.15) is 12.5 Å². The number of hydrogen-bond donors (Lipinski definition) is 4. The molecule has 0 radical (unpaired) electrons. The van der Waals surface area contributed by atoms with E-state index in [-0.39, 0.29) is 17.4 Å². The maximum absolute atomic E-state index is 12.4. The van der Waals surface area contributed by atoms with Crippen LogP contribution in [-0.2, 0) is 11.2 Å². The number of aromatic hydroxyl groups is 2. The molecule has 0 saturated carbocycles. The molecule has 0 saturated heterocycles. The number of phenols is 2. The van der Waals surface area contributed by atoms with E-state index < -0.39 is 11.7 Å². The van der Waals surface area contributed by atoms with Crippen LogP contribution in [0.2, 0.25) is 0 Å². The van der Waals surface area contributed by atoms with Crippen molar-refractivity contribution in [1.82, 2.24) is 4.98 Å². The molecular formula is C17H16N2O5. The summed E-state index contributed by atoms with van der Waals surface area (Å²) in [6.45, 7) is 1.74. The Morgan fingerprint density at radius 2 is 2.04 bits per heavy atom. The van der Waals surface area contributed by atoms with Gasteiger partial charge >= 0.3 is 5.76 Å². The standard InChI is InChI=1S/C17H16N2O5/c1-9(7-10-5-6-13(20)14(21)8-10)16(22)18-11-3-2-4-12-15(11)24-17(23)19-12/h2-6,8-9,20-21H,7H2,1H3,(H,18,22)(H,19,23). The van der Waals surface area contributed by atoms with Crippen molar-refractivity contribution < 1.29 is 19.4 Å². The summed E-state index contributed by atoms with van der Waals surface area (Å²) in [6, 6.07) is 9.47. The fourth-order valence-electron chi connectivity index (χ4n) is 2.47. The Morgan fingerprint density at radius 3 is 2.79 bits per heavy atom. The number of hydrogen-bond acceptors (Lipinski definition) is 5. The second-order valence-corrected chi connectivity index (χ2v) is 5.61. The highest BCUT2D eigenvalue weighted by molar-refractivity contribution is 5.99. The minimum Gasteiger partial charge on any atom is -0.504 e. The largest absolute Gasteiger partial charge is 0.504 e. The predicted molar refractivity (Wildman–Crippen MR) is 88.1 cm³/mol. The smallest absolute Gasteiger partial charge is 0.417 e. The Labute approximate surface area is 136 Å². The number of benzene rings is 2. The number of oxazole rings is 1. The topological polar surface area (TPSA) is 116 Å². The molecule has 1 atom stereocenters. The molecule has 1 unspecified atom stereocenters. The average molecular weight is 328 g/mol. The van der Waals surface area contributed by atoms with Crippen molar-refractivity contribution in [3.8, 4) is 11.5 Å². The fourth-order valence-corrected chi connectivity index (χ4v) is 2.47. The second kappa shape index (κ2) is 6.11. The Morgan fingerprint density at radius 1 is 1.25 bits per heavy atom. The van der Waals surface area contributed by atoms with Gasteiger partial charge in [0.1, 0.15) is 0 Å². The van der Waals surface area contributed by atoms with Crippen molar-refractivity contribution in [1.29, 1.82) is 0 Å². The number of para-hydroxylation sites is 1. The number of fused-ring (bicyclic) bond motifs is 1. The molecular weight excluding hydrogens is 312 g/mol. The molecule has 24 heavy (non-hydrogen) atoms.